The minimum Gasteiger partial charge on any atom is -0.456 e. The summed E-state index contributed by atoms with van der Waals surface area (Å²) in [6, 6.07) is 12.0. The first-order valence-corrected chi connectivity index (χ1v) is 10.6. The second kappa shape index (κ2) is 6.10. The van der Waals surface area contributed by atoms with Gasteiger partial charge in [0.1, 0.15) is 11.5 Å². The SMILES string of the molecule is O=C1[C@H]2[C@@H]3C=C[C@H]([C@H]4C[C@H]34)[C@@H]2C(=O)N1c1ccc(Oc2ccc(Cl)cc2Cl)cc1. The van der Waals surface area contributed by atoms with Crippen LogP contribution in [0.4, 0.5) is 5.69 Å². The Kier molecular flexibility index (Phi) is 3.69. The van der Waals surface area contributed by atoms with Crippen LogP contribution >= 0.6 is 23.2 Å². The molecule has 0 unspecified atom stereocenters. The van der Waals surface area contributed by atoms with Gasteiger partial charge in [-0.1, -0.05) is 35.4 Å². The van der Waals surface area contributed by atoms with Crippen LogP contribution in [0.15, 0.2) is 54.6 Å². The molecule has 146 valence electrons. The molecule has 2 aromatic rings. The van der Waals surface area contributed by atoms with Crippen molar-refractivity contribution in [3.05, 3.63) is 64.7 Å². The molecule has 2 aromatic carbocycles. The quantitative estimate of drug-likeness (QED) is 0.492. The third-order valence-corrected chi connectivity index (χ3v) is 7.41. The number of anilines is 1. The monoisotopic (exact) mass is 425 g/mol. The van der Waals surface area contributed by atoms with Crippen LogP contribution in [0.1, 0.15) is 6.42 Å². The van der Waals surface area contributed by atoms with Gasteiger partial charge in [-0.2, -0.15) is 0 Å². The van der Waals surface area contributed by atoms with Crippen LogP contribution in [0.25, 0.3) is 0 Å². The Morgan fingerprint density at radius 1 is 0.862 bits per heavy atom. The average Bonchev–Trinajstić information content (AvgIpc) is 3.49. The third-order valence-electron chi connectivity index (χ3n) is 6.88. The summed E-state index contributed by atoms with van der Waals surface area (Å²) in [6.07, 6.45) is 5.53. The van der Waals surface area contributed by atoms with E-state index in [-0.39, 0.29) is 35.5 Å². The summed E-state index contributed by atoms with van der Waals surface area (Å²) in [4.78, 5) is 27.7. The van der Waals surface area contributed by atoms with E-state index in [4.69, 9.17) is 27.9 Å². The maximum atomic E-state index is 13.2. The lowest BCUT2D eigenvalue weighted by Crippen LogP contribution is -2.40. The molecule has 0 radical (unpaired) electrons. The van der Waals surface area contributed by atoms with Crippen molar-refractivity contribution in [2.24, 2.45) is 35.5 Å². The summed E-state index contributed by atoms with van der Waals surface area (Å²) < 4.78 is 5.81. The highest BCUT2D eigenvalue weighted by Gasteiger charge is 2.67. The Hall–Kier alpha value is -2.30. The van der Waals surface area contributed by atoms with Gasteiger partial charge in [0.15, 0.2) is 0 Å². The second-order valence-electron chi connectivity index (χ2n) is 8.34. The summed E-state index contributed by atoms with van der Waals surface area (Å²) in [6.45, 7) is 0. The highest BCUT2D eigenvalue weighted by atomic mass is 35.5. The van der Waals surface area contributed by atoms with Crippen molar-refractivity contribution in [3.63, 3.8) is 0 Å². The van der Waals surface area contributed by atoms with Crippen LogP contribution in [0.2, 0.25) is 10.0 Å². The Balaban J connectivity index is 1.26. The summed E-state index contributed by atoms with van der Waals surface area (Å²) in [5.41, 5.74) is 0.594. The standard InChI is InChI=1S/C23H17Cl2NO3/c24-11-1-8-19(18(25)9-11)29-13-4-2-12(3-5-13)26-22(27)20-14-6-7-15(17-10-16(14)17)21(20)23(26)28/h1-9,14-17,20-21H,10H2/t14-,15-,16-,17-,20+,21+/m1/s1. The number of amides is 2. The molecule has 3 fully saturated rings. The Bertz CT molecular complexity index is 1040. The summed E-state index contributed by atoms with van der Waals surface area (Å²) in [5, 5.41) is 0.948. The van der Waals surface area contributed by atoms with Crippen molar-refractivity contribution in [3.8, 4) is 11.5 Å². The van der Waals surface area contributed by atoms with Crippen LogP contribution < -0.4 is 9.64 Å². The van der Waals surface area contributed by atoms with Crippen molar-refractivity contribution in [2.75, 3.05) is 4.90 Å². The largest absolute Gasteiger partial charge is 0.456 e. The van der Waals surface area contributed by atoms with Crippen molar-refractivity contribution in [1.82, 2.24) is 0 Å². The van der Waals surface area contributed by atoms with Crippen LogP contribution in [0.3, 0.4) is 0 Å². The molecule has 4 nitrogen and oxygen atoms in total. The Morgan fingerprint density at radius 3 is 2.07 bits per heavy atom. The highest BCUT2D eigenvalue weighted by molar-refractivity contribution is 6.35. The van der Waals surface area contributed by atoms with Gasteiger partial charge in [-0.3, -0.25) is 14.5 Å². The first-order chi connectivity index (χ1) is 14.0. The van der Waals surface area contributed by atoms with E-state index in [9.17, 15) is 9.59 Å². The Labute approximate surface area is 178 Å². The molecule has 29 heavy (non-hydrogen) atoms. The smallest absolute Gasteiger partial charge is 0.238 e. The number of carbonyl (C=O) groups excluding carboxylic acids is 2. The van der Waals surface area contributed by atoms with Gasteiger partial charge >= 0.3 is 0 Å². The molecule has 2 saturated carbocycles. The van der Waals surface area contributed by atoms with Crippen LogP contribution in [0.5, 0.6) is 11.5 Å². The summed E-state index contributed by atoms with van der Waals surface area (Å²) in [7, 11) is 0. The molecule has 1 aliphatic heterocycles. The molecule has 2 amide bonds. The molecule has 6 atom stereocenters. The number of halogens is 2. The Morgan fingerprint density at radius 2 is 1.48 bits per heavy atom. The van der Waals surface area contributed by atoms with Crippen molar-refractivity contribution < 1.29 is 14.3 Å². The maximum absolute atomic E-state index is 13.2. The number of benzene rings is 2. The molecule has 1 saturated heterocycles. The van der Waals surface area contributed by atoms with Gasteiger partial charge in [-0.15, -0.1) is 0 Å². The lowest BCUT2D eigenvalue weighted by molar-refractivity contribution is -0.124. The molecule has 7 rings (SSSR count). The number of imide groups is 1. The number of carbonyl (C=O) groups is 2. The van der Waals surface area contributed by atoms with Gasteiger partial charge in [0.2, 0.25) is 11.8 Å². The van der Waals surface area contributed by atoms with Gasteiger partial charge in [-0.25, -0.2) is 0 Å². The highest BCUT2D eigenvalue weighted by Crippen LogP contribution is 2.65. The van der Waals surface area contributed by atoms with Crippen molar-refractivity contribution >= 4 is 40.7 Å². The lowest BCUT2D eigenvalue weighted by Gasteiger charge is -2.37. The molecule has 5 aliphatic rings. The normalized spacial score (nSPS) is 33.7. The number of hydrogen-bond donors (Lipinski definition) is 0. The fourth-order valence-electron chi connectivity index (χ4n) is 5.56. The fraction of sp³-hybridized carbons (Fsp3) is 0.304. The van der Waals surface area contributed by atoms with E-state index in [0.29, 0.717) is 39.1 Å². The van der Waals surface area contributed by atoms with Gasteiger partial charge in [0.25, 0.3) is 0 Å². The molecular weight excluding hydrogens is 409 g/mol. The van der Waals surface area contributed by atoms with Crippen LogP contribution in [0, 0.1) is 35.5 Å². The van der Waals surface area contributed by atoms with E-state index < -0.39 is 0 Å². The average molecular weight is 426 g/mol. The number of nitrogens with zero attached hydrogens (tertiary/aromatic N) is 1. The minimum atomic E-state index is -0.190. The molecule has 0 spiro atoms. The van der Waals surface area contributed by atoms with Gasteiger partial charge < -0.3 is 4.74 Å². The summed E-state index contributed by atoms with van der Waals surface area (Å²) >= 11 is 12.1. The van der Waals surface area contributed by atoms with Gasteiger partial charge in [0, 0.05) is 5.02 Å². The summed E-state index contributed by atoms with van der Waals surface area (Å²) in [5.74, 6) is 2.22. The number of hydrogen-bond acceptors (Lipinski definition) is 3. The molecular formula is C23H17Cl2NO3. The van der Waals surface area contributed by atoms with E-state index >= 15 is 0 Å². The first kappa shape index (κ1) is 17.5. The van der Waals surface area contributed by atoms with Crippen LogP contribution in [-0.2, 0) is 9.59 Å². The van der Waals surface area contributed by atoms with E-state index in [2.05, 4.69) is 12.2 Å². The lowest BCUT2D eigenvalue weighted by atomic mass is 9.63. The van der Waals surface area contributed by atoms with Gasteiger partial charge in [-0.05, 0) is 72.6 Å². The molecule has 4 aliphatic carbocycles. The molecule has 1 heterocycles. The van der Waals surface area contributed by atoms with E-state index in [1.807, 2.05) is 0 Å². The van der Waals surface area contributed by atoms with Crippen LogP contribution in [-0.4, -0.2) is 11.8 Å². The zero-order valence-corrected chi connectivity index (χ0v) is 16.8. The number of ether oxygens (including phenoxy) is 1. The molecule has 6 heteroatoms. The van der Waals surface area contributed by atoms with E-state index in [1.54, 1.807) is 42.5 Å². The zero-order valence-electron chi connectivity index (χ0n) is 15.3. The minimum absolute atomic E-state index is 0.0564. The molecule has 0 N–H and O–H groups in total. The molecule has 0 aromatic heterocycles. The maximum Gasteiger partial charge on any atom is 0.238 e. The number of allylic oxidation sites excluding steroid dienone is 2. The first-order valence-electron chi connectivity index (χ1n) is 9.82. The fourth-order valence-corrected chi connectivity index (χ4v) is 6.01. The van der Waals surface area contributed by atoms with Crippen molar-refractivity contribution in [1.29, 1.82) is 0 Å². The van der Waals surface area contributed by atoms with E-state index in [0.717, 1.165) is 6.42 Å². The predicted molar refractivity (Wildman–Crippen MR) is 110 cm³/mol. The van der Waals surface area contributed by atoms with Gasteiger partial charge in [0.05, 0.1) is 22.5 Å². The topological polar surface area (TPSA) is 46.6 Å². The third kappa shape index (κ3) is 2.52. The number of rotatable bonds is 3. The van der Waals surface area contributed by atoms with E-state index in [1.165, 1.54) is 4.90 Å². The zero-order chi connectivity index (χ0) is 19.9. The second-order valence-corrected chi connectivity index (χ2v) is 9.18. The molecule has 2 bridgehead atoms. The van der Waals surface area contributed by atoms with Crippen molar-refractivity contribution in [2.45, 2.75) is 6.42 Å². The predicted octanol–water partition coefficient (Wildman–Crippen LogP) is 5.34.